The highest BCUT2D eigenvalue weighted by atomic mass is 19.1. The molecule has 0 spiro atoms. The molecule has 27 heavy (non-hydrogen) atoms. The van der Waals surface area contributed by atoms with Crippen LogP contribution in [0, 0.1) is 17.1 Å². The average Bonchev–Trinajstić information content (AvgIpc) is 3.19. The van der Waals surface area contributed by atoms with Crippen LogP contribution in [0.25, 0.3) is 11.3 Å². The highest BCUT2D eigenvalue weighted by molar-refractivity contribution is 5.58. The largest absolute Gasteiger partial charge is 0.378 e. The first-order valence-corrected chi connectivity index (χ1v) is 8.84. The monoisotopic (exact) mass is 362 g/mol. The minimum absolute atomic E-state index is 0.00121. The topological polar surface area (TPSA) is 64.9 Å². The highest BCUT2D eigenvalue weighted by Crippen LogP contribution is 2.26. The average molecular weight is 362 g/mol. The van der Waals surface area contributed by atoms with Gasteiger partial charge in [-0.1, -0.05) is 12.1 Å². The molecule has 1 fully saturated rings. The summed E-state index contributed by atoms with van der Waals surface area (Å²) in [6, 6.07) is 16.2. The van der Waals surface area contributed by atoms with Gasteiger partial charge in [0.2, 0.25) is 0 Å². The van der Waals surface area contributed by atoms with Gasteiger partial charge in [0.25, 0.3) is 0 Å². The summed E-state index contributed by atoms with van der Waals surface area (Å²) in [5.74, 6) is 0.565. The van der Waals surface area contributed by atoms with Gasteiger partial charge in [0.1, 0.15) is 11.6 Å². The second-order valence-corrected chi connectivity index (χ2v) is 6.56. The maximum absolute atomic E-state index is 13.1. The lowest BCUT2D eigenvalue weighted by atomic mass is 10.1. The first-order chi connectivity index (χ1) is 13.2. The van der Waals surface area contributed by atoms with Crippen LogP contribution in [0.3, 0.4) is 0 Å². The second-order valence-electron chi connectivity index (χ2n) is 6.56. The Hall–Kier alpha value is -3.01. The Balaban J connectivity index is 1.55. The first kappa shape index (κ1) is 17.4. The van der Waals surface area contributed by atoms with E-state index < -0.39 is 0 Å². The zero-order valence-corrected chi connectivity index (χ0v) is 14.7. The summed E-state index contributed by atoms with van der Waals surface area (Å²) in [4.78, 5) is 10.2. The van der Waals surface area contributed by atoms with E-state index in [9.17, 15) is 4.39 Å². The summed E-state index contributed by atoms with van der Waals surface area (Å²) in [6.07, 6.45) is 1.77. The number of aromatic nitrogens is 2. The second kappa shape index (κ2) is 7.70. The van der Waals surface area contributed by atoms with E-state index in [1.54, 1.807) is 18.3 Å². The van der Waals surface area contributed by atoms with Gasteiger partial charge in [0, 0.05) is 13.1 Å². The number of hydrogen-bond donors (Lipinski definition) is 1. The number of ether oxygens (including phenoxy) is 1. The molecule has 0 bridgehead atoms. The Labute approximate surface area is 157 Å². The summed E-state index contributed by atoms with van der Waals surface area (Å²) in [6.45, 7) is 2.72. The number of morpholine rings is 1. The number of benzene rings is 2. The summed E-state index contributed by atoms with van der Waals surface area (Å²) in [5.41, 5.74) is 3.49. The number of nitriles is 1. The molecule has 1 aliphatic rings. The van der Waals surface area contributed by atoms with Crippen LogP contribution in [0.4, 0.5) is 4.39 Å². The summed E-state index contributed by atoms with van der Waals surface area (Å²) in [7, 11) is 0. The zero-order valence-electron chi connectivity index (χ0n) is 14.7. The van der Waals surface area contributed by atoms with Crippen molar-refractivity contribution in [3.05, 3.63) is 77.5 Å². The summed E-state index contributed by atoms with van der Waals surface area (Å²) >= 11 is 0. The molecule has 2 aromatic carbocycles. The van der Waals surface area contributed by atoms with Crippen molar-refractivity contribution >= 4 is 0 Å². The lowest BCUT2D eigenvalue weighted by molar-refractivity contribution is -0.0156. The molecule has 2 heterocycles. The van der Waals surface area contributed by atoms with Crippen LogP contribution in [0.1, 0.15) is 23.0 Å². The maximum Gasteiger partial charge on any atom is 0.126 e. The van der Waals surface area contributed by atoms with Crippen molar-refractivity contribution in [1.82, 2.24) is 14.9 Å². The molecule has 136 valence electrons. The van der Waals surface area contributed by atoms with Gasteiger partial charge in [-0.25, -0.2) is 9.37 Å². The normalized spacial score (nSPS) is 17.6. The smallest absolute Gasteiger partial charge is 0.126 e. The molecule has 1 saturated heterocycles. The molecular formula is C21H19FN4O. The van der Waals surface area contributed by atoms with Crippen molar-refractivity contribution < 1.29 is 9.13 Å². The van der Waals surface area contributed by atoms with Gasteiger partial charge in [0.15, 0.2) is 0 Å². The SMILES string of the molecule is N#Cc1cccc(CN2CCOC[C@H]2c2ncc(-c3ccc(F)cc3)[nH]2)c1. The van der Waals surface area contributed by atoms with E-state index in [0.717, 1.165) is 35.7 Å². The fourth-order valence-corrected chi connectivity index (χ4v) is 3.33. The van der Waals surface area contributed by atoms with Crippen molar-refractivity contribution in [2.45, 2.75) is 12.6 Å². The van der Waals surface area contributed by atoms with Gasteiger partial charge >= 0.3 is 0 Å². The molecule has 0 unspecified atom stereocenters. The van der Waals surface area contributed by atoms with Crippen molar-refractivity contribution in [3.8, 4) is 17.3 Å². The third-order valence-corrected chi connectivity index (χ3v) is 4.75. The minimum Gasteiger partial charge on any atom is -0.378 e. The Morgan fingerprint density at radius 3 is 2.93 bits per heavy atom. The number of halogens is 1. The standard InChI is InChI=1S/C21H19FN4O/c22-18-6-4-17(5-7-18)19-12-24-21(25-19)20-14-27-9-8-26(20)13-16-3-1-2-15(10-16)11-23/h1-7,10,12,20H,8-9,13-14H2,(H,24,25)/t20-/m0/s1. The van der Waals surface area contributed by atoms with Crippen molar-refractivity contribution in [1.29, 1.82) is 5.26 Å². The van der Waals surface area contributed by atoms with E-state index in [1.165, 1.54) is 12.1 Å². The number of aromatic amines is 1. The molecule has 1 N–H and O–H groups in total. The number of hydrogen-bond acceptors (Lipinski definition) is 4. The van der Waals surface area contributed by atoms with Crippen molar-refractivity contribution in [3.63, 3.8) is 0 Å². The van der Waals surface area contributed by atoms with Crippen LogP contribution in [0.15, 0.2) is 54.7 Å². The van der Waals surface area contributed by atoms with Crippen LogP contribution < -0.4 is 0 Å². The van der Waals surface area contributed by atoms with Gasteiger partial charge in [-0.2, -0.15) is 5.26 Å². The fourth-order valence-electron chi connectivity index (χ4n) is 3.33. The van der Waals surface area contributed by atoms with E-state index in [1.807, 2.05) is 24.3 Å². The molecule has 1 aromatic heterocycles. The third-order valence-electron chi connectivity index (χ3n) is 4.75. The first-order valence-electron chi connectivity index (χ1n) is 8.84. The van der Waals surface area contributed by atoms with Crippen LogP contribution in [0.2, 0.25) is 0 Å². The molecule has 1 atom stereocenters. The van der Waals surface area contributed by atoms with Crippen LogP contribution in [0.5, 0.6) is 0 Å². The third kappa shape index (κ3) is 3.90. The lowest BCUT2D eigenvalue weighted by Crippen LogP contribution is -2.39. The zero-order chi connectivity index (χ0) is 18.6. The Morgan fingerprint density at radius 2 is 2.11 bits per heavy atom. The Kier molecular flexibility index (Phi) is 4.97. The summed E-state index contributed by atoms with van der Waals surface area (Å²) < 4.78 is 18.8. The number of H-pyrrole nitrogens is 1. The quantitative estimate of drug-likeness (QED) is 0.769. The van der Waals surface area contributed by atoms with Gasteiger partial charge in [0.05, 0.1) is 42.8 Å². The molecule has 4 rings (SSSR count). The number of imidazole rings is 1. The van der Waals surface area contributed by atoms with E-state index in [2.05, 4.69) is 20.9 Å². The number of nitrogens with one attached hydrogen (secondary N) is 1. The molecule has 0 aliphatic carbocycles. The number of rotatable bonds is 4. The molecule has 0 radical (unpaired) electrons. The van der Waals surface area contributed by atoms with Crippen LogP contribution >= 0.6 is 0 Å². The molecule has 3 aromatic rings. The Bertz CT molecular complexity index is 961. The highest BCUT2D eigenvalue weighted by Gasteiger charge is 2.27. The van der Waals surface area contributed by atoms with Crippen molar-refractivity contribution in [2.24, 2.45) is 0 Å². The van der Waals surface area contributed by atoms with Crippen LogP contribution in [-0.2, 0) is 11.3 Å². The fraction of sp³-hybridized carbons (Fsp3) is 0.238. The van der Waals surface area contributed by atoms with Crippen molar-refractivity contribution in [2.75, 3.05) is 19.8 Å². The van der Waals surface area contributed by atoms with Gasteiger partial charge in [-0.05, 0) is 47.5 Å². The van der Waals surface area contributed by atoms with Gasteiger partial charge in [-0.15, -0.1) is 0 Å². The molecule has 0 amide bonds. The van der Waals surface area contributed by atoms with Gasteiger partial charge in [-0.3, -0.25) is 4.90 Å². The van der Waals surface area contributed by atoms with E-state index in [-0.39, 0.29) is 11.9 Å². The molecule has 6 heteroatoms. The molecular weight excluding hydrogens is 343 g/mol. The van der Waals surface area contributed by atoms with E-state index >= 15 is 0 Å². The molecule has 1 aliphatic heterocycles. The number of nitrogens with zero attached hydrogens (tertiary/aromatic N) is 3. The molecule has 5 nitrogen and oxygen atoms in total. The summed E-state index contributed by atoms with van der Waals surface area (Å²) in [5, 5.41) is 9.10. The van der Waals surface area contributed by atoms with Gasteiger partial charge < -0.3 is 9.72 Å². The molecule has 0 saturated carbocycles. The predicted octanol–water partition coefficient (Wildman–Crippen LogP) is 3.66. The van der Waals surface area contributed by atoms with E-state index in [4.69, 9.17) is 10.00 Å². The Morgan fingerprint density at radius 1 is 1.26 bits per heavy atom. The van der Waals surface area contributed by atoms with Crippen LogP contribution in [-0.4, -0.2) is 34.6 Å². The minimum atomic E-state index is -0.259. The maximum atomic E-state index is 13.1. The lowest BCUT2D eigenvalue weighted by Gasteiger charge is -2.34. The predicted molar refractivity (Wildman–Crippen MR) is 99.1 cm³/mol. The van der Waals surface area contributed by atoms with E-state index in [0.29, 0.717) is 18.8 Å².